The molecule has 5 heteroatoms. The molecule has 100 valence electrons. The number of aromatic amines is 1. The first kappa shape index (κ1) is 12.2. The number of amides is 1. The Morgan fingerprint density at radius 1 is 1.53 bits per heavy atom. The fourth-order valence-corrected chi connectivity index (χ4v) is 2.54. The number of H-pyrrole nitrogens is 1. The third-order valence-corrected chi connectivity index (χ3v) is 3.45. The third kappa shape index (κ3) is 2.76. The van der Waals surface area contributed by atoms with E-state index in [2.05, 4.69) is 20.6 Å². The highest BCUT2D eigenvalue weighted by Gasteiger charge is 2.16. The number of nitrogens with zero attached hydrogens (tertiary/aromatic N) is 1. The average Bonchev–Trinajstić information content (AvgIpc) is 2.96. The maximum absolute atomic E-state index is 11.9. The van der Waals surface area contributed by atoms with Gasteiger partial charge < -0.3 is 15.6 Å². The Kier molecular flexibility index (Phi) is 3.21. The average molecular weight is 258 g/mol. The van der Waals surface area contributed by atoms with Gasteiger partial charge in [-0.05, 0) is 37.6 Å². The van der Waals surface area contributed by atoms with E-state index in [4.69, 9.17) is 0 Å². The van der Waals surface area contributed by atoms with Gasteiger partial charge in [0.25, 0.3) is 0 Å². The number of aromatic nitrogens is 2. The molecule has 5 nitrogen and oxygen atoms in total. The topological polar surface area (TPSA) is 69.8 Å². The summed E-state index contributed by atoms with van der Waals surface area (Å²) < 4.78 is 0. The number of hydrogen-bond acceptors (Lipinski definition) is 3. The smallest absolute Gasteiger partial charge is 0.224 e. The molecule has 1 aliphatic heterocycles. The van der Waals surface area contributed by atoms with Crippen molar-refractivity contribution in [3.8, 4) is 0 Å². The van der Waals surface area contributed by atoms with E-state index in [1.165, 1.54) is 0 Å². The van der Waals surface area contributed by atoms with Crippen molar-refractivity contribution in [3.05, 3.63) is 29.6 Å². The Balaban J connectivity index is 1.68. The summed E-state index contributed by atoms with van der Waals surface area (Å²) in [5.74, 6) is 0.984. The molecule has 0 aliphatic carbocycles. The van der Waals surface area contributed by atoms with Crippen LogP contribution >= 0.6 is 0 Å². The highest BCUT2D eigenvalue weighted by Crippen LogP contribution is 2.14. The van der Waals surface area contributed by atoms with Gasteiger partial charge in [-0.3, -0.25) is 4.79 Å². The van der Waals surface area contributed by atoms with Crippen LogP contribution in [0.5, 0.6) is 0 Å². The summed E-state index contributed by atoms with van der Waals surface area (Å²) >= 11 is 0. The van der Waals surface area contributed by atoms with Crippen molar-refractivity contribution in [3.63, 3.8) is 0 Å². The third-order valence-electron chi connectivity index (χ3n) is 3.45. The Morgan fingerprint density at radius 2 is 2.42 bits per heavy atom. The molecule has 0 spiro atoms. The van der Waals surface area contributed by atoms with Crippen molar-refractivity contribution >= 4 is 16.9 Å². The molecule has 19 heavy (non-hydrogen) atoms. The monoisotopic (exact) mass is 258 g/mol. The van der Waals surface area contributed by atoms with Crippen molar-refractivity contribution in [2.75, 3.05) is 13.1 Å². The summed E-state index contributed by atoms with van der Waals surface area (Å²) in [6.07, 6.45) is 1.44. The second kappa shape index (κ2) is 5.01. The lowest BCUT2D eigenvalue weighted by Crippen LogP contribution is -2.37. The van der Waals surface area contributed by atoms with Crippen LogP contribution in [0.1, 0.15) is 17.8 Å². The van der Waals surface area contributed by atoms with E-state index < -0.39 is 0 Å². The summed E-state index contributed by atoms with van der Waals surface area (Å²) in [5, 5.41) is 6.29. The number of hydrogen-bond donors (Lipinski definition) is 3. The number of imidazole rings is 1. The van der Waals surface area contributed by atoms with E-state index in [0.717, 1.165) is 41.9 Å². The van der Waals surface area contributed by atoms with Gasteiger partial charge in [-0.1, -0.05) is 6.07 Å². The Hall–Kier alpha value is -1.88. The molecule has 1 aliphatic rings. The zero-order valence-electron chi connectivity index (χ0n) is 11.0. The lowest BCUT2D eigenvalue weighted by Gasteiger charge is -2.11. The standard InChI is InChI=1S/C14H18N4O/c1-9-16-12-3-2-10(6-13(12)17-9)7-14(19)18-11-4-5-15-8-11/h2-3,6,11,15H,4-5,7-8H2,1H3,(H,16,17)(H,18,19). The molecule has 1 atom stereocenters. The quantitative estimate of drug-likeness (QED) is 0.766. The van der Waals surface area contributed by atoms with Crippen LogP contribution in [-0.2, 0) is 11.2 Å². The minimum absolute atomic E-state index is 0.0873. The van der Waals surface area contributed by atoms with E-state index in [1.807, 2.05) is 25.1 Å². The van der Waals surface area contributed by atoms with Crippen LogP contribution in [0, 0.1) is 6.92 Å². The first-order valence-electron chi connectivity index (χ1n) is 6.66. The fourth-order valence-electron chi connectivity index (χ4n) is 2.54. The molecule has 3 N–H and O–H groups in total. The van der Waals surface area contributed by atoms with E-state index in [9.17, 15) is 4.79 Å². The summed E-state index contributed by atoms with van der Waals surface area (Å²) in [6, 6.07) is 6.21. The number of carbonyl (C=O) groups excluding carboxylic acids is 1. The number of aryl methyl sites for hydroxylation is 1. The van der Waals surface area contributed by atoms with Gasteiger partial charge in [0.1, 0.15) is 5.82 Å². The Morgan fingerprint density at radius 3 is 3.21 bits per heavy atom. The lowest BCUT2D eigenvalue weighted by atomic mass is 10.1. The zero-order chi connectivity index (χ0) is 13.2. The molecule has 0 saturated carbocycles. The highest BCUT2D eigenvalue weighted by atomic mass is 16.1. The van der Waals surface area contributed by atoms with Gasteiger partial charge in [0, 0.05) is 12.6 Å². The predicted octanol–water partition coefficient (Wildman–Crippen LogP) is 0.892. The molecule has 1 fully saturated rings. The van der Waals surface area contributed by atoms with Gasteiger partial charge in [0.2, 0.25) is 5.91 Å². The van der Waals surface area contributed by atoms with Gasteiger partial charge in [-0.2, -0.15) is 0 Å². The van der Waals surface area contributed by atoms with Crippen LogP contribution in [0.25, 0.3) is 11.0 Å². The van der Waals surface area contributed by atoms with Crippen LogP contribution in [0.2, 0.25) is 0 Å². The summed E-state index contributed by atoms with van der Waals surface area (Å²) in [7, 11) is 0. The van der Waals surface area contributed by atoms with E-state index in [0.29, 0.717) is 6.42 Å². The maximum Gasteiger partial charge on any atom is 0.224 e. The molecule has 1 amide bonds. The Labute approximate surface area is 111 Å². The molecule has 0 radical (unpaired) electrons. The van der Waals surface area contributed by atoms with Crippen molar-refractivity contribution in [2.24, 2.45) is 0 Å². The molecular weight excluding hydrogens is 240 g/mol. The summed E-state index contributed by atoms with van der Waals surface area (Å²) in [4.78, 5) is 19.5. The van der Waals surface area contributed by atoms with Gasteiger partial charge in [-0.25, -0.2) is 4.98 Å². The van der Waals surface area contributed by atoms with E-state index in [-0.39, 0.29) is 11.9 Å². The number of nitrogens with one attached hydrogen (secondary N) is 3. The minimum Gasteiger partial charge on any atom is -0.352 e. The van der Waals surface area contributed by atoms with E-state index in [1.54, 1.807) is 0 Å². The first-order chi connectivity index (χ1) is 9.20. The molecule has 0 bridgehead atoms. The minimum atomic E-state index is 0.0873. The number of benzene rings is 1. The van der Waals surface area contributed by atoms with E-state index >= 15 is 0 Å². The van der Waals surface area contributed by atoms with Gasteiger partial charge in [0.05, 0.1) is 17.5 Å². The molecule has 2 aromatic rings. The van der Waals surface area contributed by atoms with Gasteiger partial charge in [0.15, 0.2) is 0 Å². The van der Waals surface area contributed by atoms with Crippen molar-refractivity contribution < 1.29 is 4.79 Å². The predicted molar refractivity (Wildman–Crippen MR) is 74.0 cm³/mol. The van der Waals surface area contributed by atoms with Crippen LogP contribution in [0.15, 0.2) is 18.2 Å². The molecular formula is C14H18N4O. The molecule has 1 unspecified atom stereocenters. The zero-order valence-corrected chi connectivity index (χ0v) is 11.0. The number of rotatable bonds is 3. The SMILES string of the molecule is Cc1nc2ccc(CC(=O)NC3CCNC3)cc2[nH]1. The van der Waals surface area contributed by atoms with Crippen LogP contribution in [0.4, 0.5) is 0 Å². The summed E-state index contributed by atoms with van der Waals surface area (Å²) in [6.45, 7) is 3.80. The molecule has 1 aromatic heterocycles. The second-order valence-electron chi connectivity index (χ2n) is 5.11. The molecule has 2 heterocycles. The lowest BCUT2D eigenvalue weighted by molar-refractivity contribution is -0.121. The molecule has 1 saturated heterocycles. The van der Waals surface area contributed by atoms with Crippen LogP contribution in [-0.4, -0.2) is 35.0 Å². The largest absolute Gasteiger partial charge is 0.352 e. The van der Waals surface area contributed by atoms with Gasteiger partial charge in [-0.15, -0.1) is 0 Å². The van der Waals surface area contributed by atoms with Crippen molar-refractivity contribution in [1.82, 2.24) is 20.6 Å². The number of carbonyl (C=O) groups is 1. The number of fused-ring (bicyclic) bond motifs is 1. The van der Waals surface area contributed by atoms with Crippen molar-refractivity contribution in [2.45, 2.75) is 25.8 Å². The summed E-state index contributed by atoms with van der Waals surface area (Å²) in [5.41, 5.74) is 2.95. The Bertz CT molecular complexity index is 599. The highest BCUT2D eigenvalue weighted by molar-refractivity contribution is 5.82. The fraction of sp³-hybridized carbons (Fsp3) is 0.429. The van der Waals surface area contributed by atoms with Crippen LogP contribution < -0.4 is 10.6 Å². The van der Waals surface area contributed by atoms with Crippen molar-refractivity contribution in [1.29, 1.82) is 0 Å². The maximum atomic E-state index is 11.9. The van der Waals surface area contributed by atoms with Crippen LogP contribution in [0.3, 0.4) is 0 Å². The normalized spacial score (nSPS) is 18.9. The second-order valence-corrected chi connectivity index (χ2v) is 5.11. The molecule has 3 rings (SSSR count). The molecule has 1 aromatic carbocycles. The van der Waals surface area contributed by atoms with Gasteiger partial charge >= 0.3 is 0 Å². The first-order valence-corrected chi connectivity index (χ1v) is 6.66.